The van der Waals surface area contributed by atoms with E-state index in [1.807, 2.05) is 0 Å². The van der Waals surface area contributed by atoms with E-state index in [4.69, 9.17) is 38.1 Å². The van der Waals surface area contributed by atoms with E-state index >= 15 is 0 Å². The molecule has 20 heteroatoms. The number of β-lactam (4-membered cyclic amide) rings is 1. The number of nitrogens with zero attached hydrogens (tertiary/aromatic N) is 3. The number of oxime groups is 1. The number of thiazole rings is 1. The van der Waals surface area contributed by atoms with Crippen molar-refractivity contribution >= 4 is 67.7 Å². The third kappa shape index (κ3) is 7.23. The Labute approximate surface area is 248 Å². The van der Waals surface area contributed by atoms with E-state index in [1.165, 1.54) is 26.0 Å². The number of carbonyl (C=O) groups is 3. The Bertz CT molecular complexity index is 1510. The van der Waals surface area contributed by atoms with Gasteiger partial charge in [0.1, 0.15) is 34.3 Å². The Balaban J connectivity index is 1.78. The molecule has 42 heavy (non-hydrogen) atoms. The van der Waals surface area contributed by atoms with Gasteiger partial charge >= 0.3 is 16.3 Å². The molecule has 2 amide bonds. The second-order valence-corrected chi connectivity index (χ2v) is 12.0. The first-order valence-corrected chi connectivity index (χ1v) is 14.4. The van der Waals surface area contributed by atoms with Crippen LogP contribution in [0.4, 0.5) is 5.13 Å². The number of anilines is 1. The lowest BCUT2D eigenvalue weighted by Gasteiger charge is -2.50. The molecule has 2 aromatic rings. The van der Waals surface area contributed by atoms with Crippen LogP contribution in [-0.2, 0) is 29.5 Å². The molecule has 2 heterocycles. The highest BCUT2D eigenvalue weighted by atomic mass is 35.5. The van der Waals surface area contributed by atoms with Crippen molar-refractivity contribution in [2.24, 2.45) is 10.9 Å². The number of amidine groups is 1. The number of carboxylic acids is 1. The number of carbonyl (C=O) groups excluding carboxylic acids is 2. The summed E-state index contributed by atoms with van der Waals surface area (Å²) in [5.74, 6) is -3.39. The molecule has 1 aliphatic rings. The van der Waals surface area contributed by atoms with Gasteiger partial charge in [0.25, 0.3) is 17.9 Å². The molecule has 2 atom stereocenters. The minimum absolute atomic E-state index is 0.0685. The maximum absolute atomic E-state index is 13.2. The average molecular weight is 647 g/mol. The van der Waals surface area contributed by atoms with E-state index in [9.17, 15) is 32.5 Å². The van der Waals surface area contributed by atoms with Gasteiger partial charge in [-0.2, -0.15) is 8.42 Å². The highest BCUT2D eigenvalue weighted by Gasteiger charge is 2.60. The van der Waals surface area contributed by atoms with Crippen LogP contribution in [0, 0.1) is 5.41 Å². The van der Waals surface area contributed by atoms with Crippen molar-refractivity contribution < 1.29 is 42.0 Å². The standard InChI is InChI=1S/C22H27ClN8O9S2/c1-22(2)15(19(33)31(22)42(36,37)38)29-18(32)14(13-16(23)41-21(26)28-13)30-40-12(20(34)35)9-39-11-5-3-10(4-6-11)17(25)27-8-7-24/h3-6,12,15H,7-9,24H2,1-2H3,(H2,25,27)(H2,26,28)(H,29,32)(H,34,35)(H,36,37,38). The number of aromatic nitrogens is 1. The quantitative estimate of drug-likeness (QED) is 0.0472. The van der Waals surface area contributed by atoms with Gasteiger partial charge in [0.15, 0.2) is 10.8 Å². The first kappa shape index (κ1) is 32.5. The summed E-state index contributed by atoms with van der Waals surface area (Å²) in [5.41, 5.74) is 9.08. The minimum Gasteiger partial charge on any atom is -0.489 e. The molecule has 0 radical (unpaired) electrons. The molecule has 228 valence electrons. The number of ether oxygens (including phenoxy) is 1. The van der Waals surface area contributed by atoms with Gasteiger partial charge < -0.3 is 36.8 Å². The molecule has 1 saturated heterocycles. The number of nitrogens with one attached hydrogen (secondary N) is 3. The van der Waals surface area contributed by atoms with Crippen LogP contribution in [0.5, 0.6) is 5.75 Å². The number of nitrogens with two attached hydrogens (primary N) is 2. The van der Waals surface area contributed by atoms with Crippen molar-refractivity contribution in [1.29, 1.82) is 5.41 Å². The molecule has 17 nitrogen and oxygen atoms in total. The van der Waals surface area contributed by atoms with Crippen LogP contribution in [0.15, 0.2) is 29.4 Å². The monoisotopic (exact) mass is 646 g/mol. The zero-order chi connectivity index (χ0) is 31.4. The van der Waals surface area contributed by atoms with Crippen LogP contribution in [0.25, 0.3) is 0 Å². The predicted molar refractivity (Wildman–Crippen MR) is 151 cm³/mol. The summed E-state index contributed by atoms with van der Waals surface area (Å²) in [5, 5.41) is 26.2. The maximum atomic E-state index is 13.2. The van der Waals surface area contributed by atoms with Gasteiger partial charge in [0.2, 0.25) is 0 Å². The number of hydrogen-bond donors (Lipinski definition) is 7. The normalized spacial score (nSPS) is 17.2. The summed E-state index contributed by atoms with van der Waals surface area (Å²) in [6.07, 6.45) is -1.75. The molecule has 3 rings (SSSR count). The summed E-state index contributed by atoms with van der Waals surface area (Å²) >= 11 is 6.90. The summed E-state index contributed by atoms with van der Waals surface area (Å²) < 4.78 is 38.0. The summed E-state index contributed by atoms with van der Waals surface area (Å²) in [4.78, 5) is 46.4. The smallest absolute Gasteiger partial charge is 0.362 e. The van der Waals surface area contributed by atoms with E-state index in [1.54, 1.807) is 12.1 Å². The van der Waals surface area contributed by atoms with E-state index in [0.29, 0.717) is 18.7 Å². The molecule has 0 spiro atoms. The van der Waals surface area contributed by atoms with Gasteiger partial charge in [-0.1, -0.05) is 28.1 Å². The SMILES string of the molecule is CC1(C)C(NC(=O)C(=NOC(COc2ccc(C(=N)NCCN)cc2)C(=O)O)c2nc(N)sc2Cl)C(=O)N1S(=O)(=O)O. The first-order valence-electron chi connectivity index (χ1n) is 11.8. The summed E-state index contributed by atoms with van der Waals surface area (Å²) in [6.45, 7) is 2.74. The number of nitrogen functional groups attached to an aromatic ring is 1. The zero-order valence-electron chi connectivity index (χ0n) is 22.0. The van der Waals surface area contributed by atoms with Crippen LogP contribution in [0.2, 0.25) is 4.34 Å². The van der Waals surface area contributed by atoms with Crippen molar-refractivity contribution in [2.45, 2.75) is 31.5 Å². The number of rotatable bonds is 13. The minimum atomic E-state index is -4.91. The Kier molecular flexibility index (Phi) is 9.94. The number of amides is 2. The van der Waals surface area contributed by atoms with Gasteiger partial charge in [0.05, 0.1) is 5.54 Å². The molecule has 0 aliphatic carbocycles. The van der Waals surface area contributed by atoms with Crippen molar-refractivity contribution in [3.8, 4) is 5.75 Å². The Morgan fingerprint density at radius 3 is 2.48 bits per heavy atom. The lowest BCUT2D eigenvalue weighted by Crippen LogP contribution is -2.77. The number of hydrogen-bond acceptors (Lipinski definition) is 13. The molecular formula is C22H27ClN8O9S2. The third-order valence-electron chi connectivity index (χ3n) is 5.76. The number of benzene rings is 1. The van der Waals surface area contributed by atoms with E-state index in [-0.39, 0.29) is 31.1 Å². The Hall–Kier alpha value is -4.04. The third-order valence-corrected chi connectivity index (χ3v) is 7.96. The van der Waals surface area contributed by atoms with Crippen LogP contribution >= 0.6 is 22.9 Å². The fraction of sp³-hybridized carbons (Fsp3) is 0.364. The van der Waals surface area contributed by atoms with E-state index in [0.717, 1.165) is 11.3 Å². The lowest BCUT2D eigenvalue weighted by molar-refractivity contribution is -0.152. The zero-order valence-corrected chi connectivity index (χ0v) is 24.4. The van der Waals surface area contributed by atoms with Crippen molar-refractivity contribution in [1.82, 2.24) is 19.9 Å². The fourth-order valence-corrected chi connectivity index (χ4v) is 5.67. The van der Waals surface area contributed by atoms with Crippen LogP contribution < -0.4 is 26.8 Å². The van der Waals surface area contributed by atoms with Gasteiger partial charge in [-0.15, -0.1) is 0 Å². The van der Waals surface area contributed by atoms with Crippen molar-refractivity contribution in [3.05, 3.63) is 39.9 Å². The second kappa shape index (κ2) is 12.9. The maximum Gasteiger partial charge on any atom is 0.362 e. The van der Waals surface area contributed by atoms with Crippen molar-refractivity contribution in [2.75, 3.05) is 25.4 Å². The molecular weight excluding hydrogens is 620 g/mol. The largest absolute Gasteiger partial charge is 0.489 e. The summed E-state index contributed by atoms with van der Waals surface area (Å²) in [6, 6.07) is 4.71. The molecule has 2 unspecified atom stereocenters. The molecule has 1 aromatic carbocycles. The second-order valence-electron chi connectivity index (χ2n) is 9.11. The van der Waals surface area contributed by atoms with Crippen LogP contribution in [-0.4, -0.2) is 94.1 Å². The van der Waals surface area contributed by atoms with Gasteiger partial charge in [0, 0.05) is 18.7 Å². The van der Waals surface area contributed by atoms with E-state index < -0.39 is 58.1 Å². The van der Waals surface area contributed by atoms with Crippen LogP contribution in [0.1, 0.15) is 25.1 Å². The topological polar surface area (TPSA) is 273 Å². The van der Waals surface area contributed by atoms with Gasteiger partial charge in [-0.3, -0.25) is 19.6 Å². The molecule has 1 aromatic heterocycles. The highest BCUT2D eigenvalue weighted by Crippen LogP contribution is 2.34. The lowest BCUT2D eigenvalue weighted by atomic mass is 9.85. The molecule has 1 fully saturated rings. The Morgan fingerprint density at radius 2 is 1.98 bits per heavy atom. The Morgan fingerprint density at radius 1 is 1.33 bits per heavy atom. The molecule has 0 saturated carbocycles. The van der Waals surface area contributed by atoms with Crippen LogP contribution in [0.3, 0.4) is 0 Å². The highest BCUT2D eigenvalue weighted by molar-refractivity contribution is 7.84. The number of halogens is 1. The van der Waals surface area contributed by atoms with Gasteiger partial charge in [-0.25, -0.2) is 14.1 Å². The first-order chi connectivity index (χ1) is 19.6. The molecule has 0 bridgehead atoms. The molecule has 1 aliphatic heterocycles. The van der Waals surface area contributed by atoms with Crippen molar-refractivity contribution in [3.63, 3.8) is 0 Å². The molecule has 9 N–H and O–H groups in total. The van der Waals surface area contributed by atoms with Gasteiger partial charge in [-0.05, 0) is 38.1 Å². The number of aliphatic carboxylic acids is 1. The summed E-state index contributed by atoms with van der Waals surface area (Å²) in [7, 11) is -4.91. The fourth-order valence-electron chi connectivity index (χ4n) is 3.71. The average Bonchev–Trinajstić information content (AvgIpc) is 3.23. The van der Waals surface area contributed by atoms with E-state index in [2.05, 4.69) is 20.8 Å². The number of carboxylic acid groups (broad SMARTS) is 1. The predicted octanol–water partition coefficient (Wildman–Crippen LogP) is -0.586.